The number of hydrogen-bond donors (Lipinski definition) is 1. The smallest absolute Gasteiger partial charge is 0.273 e. The molecule has 6 heteroatoms. The van der Waals surface area contributed by atoms with Crippen LogP contribution in [0.5, 0.6) is 0 Å². The lowest BCUT2D eigenvalue weighted by Gasteiger charge is -2.20. The third-order valence-electron chi connectivity index (χ3n) is 3.70. The first-order valence-electron chi connectivity index (χ1n) is 7.52. The van der Waals surface area contributed by atoms with Gasteiger partial charge in [0.2, 0.25) is 0 Å². The van der Waals surface area contributed by atoms with Crippen LogP contribution in [0.4, 0.5) is 0 Å². The molecule has 1 aliphatic heterocycles. The van der Waals surface area contributed by atoms with E-state index in [4.69, 9.17) is 0 Å². The van der Waals surface area contributed by atoms with E-state index in [9.17, 15) is 4.79 Å². The van der Waals surface area contributed by atoms with Gasteiger partial charge in [0.1, 0.15) is 0 Å². The standard InChI is InChI=1S/C14H25N5O/c1-4-19-16-12(3)13(17-19)14(20)15-9-11(2)10-18-7-5-6-8-18/h11H,4-10H2,1-3H3,(H,15,20). The number of carbonyl (C=O) groups excluding carboxylic acids is 1. The van der Waals surface area contributed by atoms with Crippen LogP contribution < -0.4 is 5.32 Å². The largest absolute Gasteiger partial charge is 0.350 e. The first-order chi connectivity index (χ1) is 9.60. The molecule has 1 amide bonds. The molecule has 1 N–H and O–H groups in total. The number of aryl methyl sites for hydroxylation is 2. The molecule has 0 bridgehead atoms. The second-order valence-corrected chi connectivity index (χ2v) is 5.65. The zero-order valence-corrected chi connectivity index (χ0v) is 12.7. The van der Waals surface area contributed by atoms with Crippen molar-refractivity contribution in [2.45, 2.75) is 40.2 Å². The molecule has 1 aliphatic rings. The Morgan fingerprint density at radius 1 is 1.35 bits per heavy atom. The van der Waals surface area contributed by atoms with Crippen molar-refractivity contribution in [1.29, 1.82) is 0 Å². The van der Waals surface area contributed by atoms with Gasteiger partial charge < -0.3 is 10.2 Å². The minimum atomic E-state index is -0.115. The van der Waals surface area contributed by atoms with Crippen LogP contribution in [0.3, 0.4) is 0 Å². The van der Waals surface area contributed by atoms with Gasteiger partial charge in [-0.05, 0) is 45.7 Å². The quantitative estimate of drug-likeness (QED) is 0.846. The first kappa shape index (κ1) is 15.0. The maximum Gasteiger partial charge on any atom is 0.273 e. The SMILES string of the molecule is CCn1nc(C)c(C(=O)NCC(C)CN2CCCC2)n1. The minimum absolute atomic E-state index is 0.115. The Morgan fingerprint density at radius 3 is 2.65 bits per heavy atom. The van der Waals surface area contributed by atoms with Gasteiger partial charge in [-0.1, -0.05) is 6.92 Å². The molecule has 1 atom stereocenters. The maximum absolute atomic E-state index is 12.1. The fraction of sp³-hybridized carbons (Fsp3) is 0.786. The van der Waals surface area contributed by atoms with Gasteiger partial charge in [-0.2, -0.15) is 9.90 Å². The van der Waals surface area contributed by atoms with Crippen molar-refractivity contribution in [2.75, 3.05) is 26.2 Å². The second kappa shape index (κ2) is 6.83. The van der Waals surface area contributed by atoms with Gasteiger partial charge in [0.25, 0.3) is 5.91 Å². The lowest BCUT2D eigenvalue weighted by atomic mass is 10.1. The van der Waals surface area contributed by atoms with Crippen LogP contribution in [0.25, 0.3) is 0 Å². The van der Waals surface area contributed by atoms with Crippen LogP contribution in [0.2, 0.25) is 0 Å². The molecular weight excluding hydrogens is 254 g/mol. The molecule has 0 aromatic carbocycles. The summed E-state index contributed by atoms with van der Waals surface area (Å²) < 4.78 is 0. The van der Waals surface area contributed by atoms with Crippen LogP contribution in [0, 0.1) is 12.8 Å². The number of rotatable bonds is 6. The van der Waals surface area contributed by atoms with Gasteiger partial charge in [-0.3, -0.25) is 4.79 Å². The molecule has 1 unspecified atom stereocenters. The molecule has 1 aromatic rings. The fourth-order valence-corrected chi connectivity index (χ4v) is 2.60. The van der Waals surface area contributed by atoms with Crippen LogP contribution >= 0.6 is 0 Å². The molecule has 1 saturated heterocycles. The summed E-state index contributed by atoms with van der Waals surface area (Å²) in [6, 6.07) is 0. The number of amides is 1. The van der Waals surface area contributed by atoms with Crippen LogP contribution in [-0.2, 0) is 6.54 Å². The molecule has 0 radical (unpaired) electrons. The van der Waals surface area contributed by atoms with Crippen LogP contribution in [0.1, 0.15) is 42.9 Å². The third-order valence-corrected chi connectivity index (χ3v) is 3.70. The molecule has 1 fully saturated rings. The average molecular weight is 279 g/mol. The number of likely N-dealkylation sites (tertiary alicyclic amines) is 1. The molecule has 0 spiro atoms. The molecule has 2 heterocycles. The van der Waals surface area contributed by atoms with Crippen molar-refractivity contribution in [1.82, 2.24) is 25.2 Å². The number of aromatic nitrogens is 3. The lowest BCUT2D eigenvalue weighted by Crippen LogP contribution is -2.34. The highest BCUT2D eigenvalue weighted by molar-refractivity contribution is 5.93. The summed E-state index contributed by atoms with van der Waals surface area (Å²) in [6.45, 7) is 10.8. The van der Waals surface area contributed by atoms with Gasteiger partial charge >= 0.3 is 0 Å². The van der Waals surface area contributed by atoms with Crippen molar-refractivity contribution in [3.05, 3.63) is 11.4 Å². The number of carbonyl (C=O) groups is 1. The normalized spacial score (nSPS) is 17.4. The average Bonchev–Trinajstić information content (AvgIpc) is 3.05. The fourth-order valence-electron chi connectivity index (χ4n) is 2.60. The zero-order valence-electron chi connectivity index (χ0n) is 12.7. The predicted octanol–water partition coefficient (Wildman–Crippen LogP) is 1.07. The van der Waals surface area contributed by atoms with E-state index in [0.717, 1.165) is 6.54 Å². The van der Waals surface area contributed by atoms with E-state index in [1.165, 1.54) is 25.9 Å². The summed E-state index contributed by atoms with van der Waals surface area (Å²) in [5.41, 5.74) is 1.14. The van der Waals surface area contributed by atoms with E-state index in [0.29, 0.717) is 30.4 Å². The predicted molar refractivity (Wildman–Crippen MR) is 77.6 cm³/mol. The van der Waals surface area contributed by atoms with Gasteiger partial charge in [0.05, 0.1) is 12.2 Å². The summed E-state index contributed by atoms with van der Waals surface area (Å²) in [7, 11) is 0. The number of nitrogens with zero attached hydrogens (tertiary/aromatic N) is 4. The van der Waals surface area contributed by atoms with E-state index >= 15 is 0 Å². The second-order valence-electron chi connectivity index (χ2n) is 5.65. The zero-order chi connectivity index (χ0) is 14.5. The van der Waals surface area contributed by atoms with Gasteiger partial charge in [0, 0.05) is 13.1 Å². The topological polar surface area (TPSA) is 63.1 Å². The van der Waals surface area contributed by atoms with E-state index in [1.54, 1.807) is 4.80 Å². The van der Waals surface area contributed by atoms with Crippen LogP contribution in [-0.4, -0.2) is 52.0 Å². The number of hydrogen-bond acceptors (Lipinski definition) is 4. The summed E-state index contributed by atoms with van der Waals surface area (Å²) >= 11 is 0. The lowest BCUT2D eigenvalue weighted by molar-refractivity contribution is 0.0938. The molecular formula is C14H25N5O. The van der Waals surface area contributed by atoms with Gasteiger partial charge in [-0.25, -0.2) is 0 Å². The summed E-state index contributed by atoms with van der Waals surface area (Å²) in [5.74, 6) is 0.342. The summed E-state index contributed by atoms with van der Waals surface area (Å²) in [6.07, 6.45) is 2.61. The Morgan fingerprint density at radius 2 is 2.05 bits per heavy atom. The Hall–Kier alpha value is -1.43. The molecule has 0 saturated carbocycles. The molecule has 112 valence electrons. The highest BCUT2D eigenvalue weighted by atomic mass is 16.2. The summed E-state index contributed by atoms with van der Waals surface area (Å²) in [4.78, 5) is 16.1. The van der Waals surface area contributed by atoms with E-state index in [2.05, 4.69) is 27.3 Å². The number of nitrogens with one attached hydrogen (secondary N) is 1. The van der Waals surface area contributed by atoms with E-state index in [-0.39, 0.29) is 5.91 Å². The van der Waals surface area contributed by atoms with E-state index in [1.807, 2.05) is 13.8 Å². The highest BCUT2D eigenvalue weighted by Gasteiger charge is 2.18. The Labute approximate surface area is 120 Å². The molecule has 6 nitrogen and oxygen atoms in total. The van der Waals surface area contributed by atoms with E-state index < -0.39 is 0 Å². The maximum atomic E-state index is 12.1. The Kier molecular flexibility index (Phi) is 5.11. The summed E-state index contributed by atoms with van der Waals surface area (Å²) in [5, 5.41) is 11.4. The molecule has 2 rings (SSSR count). The molecule has 20 heavy (non-hydrogen) atoms. The van der Waals surface area contributed by atoms with Crippen molar-refractivity contribution in [3.8, 4) is 0 Å². The van der Waals surface area contributed by atoms with Crippen molar-refractivity contribution in [3.63, 3.8) is 0 Å². The Bertz CT molecular complexity index is 450. The van der Waals surface area contributed by atoms with Gasteiger partial charge in [0.15, 0.2) is 5.69 Å². The molecule has 0 aliphatic carbocycles. The van der Waals surface area contributed by atoms with Crippen molar-refractivity contribution >= 4 is 5.91 Å². The Balaban J connectivity index is 1.80. The van der Waals surface area contributed by atoms with Crippen molar-refractivity contribution < 1.29 is 4.79 Å². The monoisotopic (exact) mass is 279 g/mol. The minimum Gasteiger partial charge on any atom is -0.350 e. The molecule has 1 aromatic heterocycles. The van der Waals surface area contributed by atoms with Crippen LogP contribution in [0.15, 0.2) is 0 Å². The first-order valence-corrected chi connectivity index (χ1v) is 7.52. The van der Waals surface area contributed by atoms with Gasteiger partial charge in [-0.15, -0.1) is 5.10 Å². The van der Waals surface area contributed by atoms with Crippen molar-refractivity contribution in [2.24, 2.45) is 5.92 Å². The highest BCUT2D eigenvalue weighted by Crippen LogP contribution is 2.10. The third kappa shape index (κ3) is 3.79.